The van der Waals surface area contributed by atoms with E-state index in [9.17, 15) is 13.2 Å². The summed E-state index contributed by atoms with van der Waals surface area (Å²) in [5, 5.41) is 3.60. The van der Waals surface area contributed by atoms with Crippen molar-refractivity contribution in [3.8, 4) is 11.4 Å². The van der Waals surface area contributed by atoms with Crippen LogP contribution in [-0.4, -0.2) is 42.5 Å². The van der Waals surface area contributed by atoms with Crippen LogP contribution >= 0.6 is 23.4 Å². The van der Waals surface area contributed by atoms with Crippen LogP contribution in [0.15, 0.2) is 76.8 Å². The quantitative estimate of drug-likeness (QED) is 0.324. The van der Waals surface area contributed by atoms with Crippen molar-refractivity contribution in [2.45, 2.75) is 17.0 Å². The molecule has 34 heavy (non-hydrogen) atoms. The number of nitrogens with one attached hydrogen (secondary N) is 1. The molecule has 0 saturated carbocycles. The first-order chi connectivity index (χ1) is 16.3. The Bertz CT molecular complexity index is 1450. The lowest BCUT2D eigenvalue weighted by Crippen LogP contribution is -2.15. The lowest BCUT2D eigenvalue weighted by atomic mass is 10.2. The highest BCUT2D eigenvalue weighted by Crippen LogP contribution is 2.30. The van der Waals surface area contributed by atoms with Gasteiger partial charge in [-0.1, -0.05) is 35.5 Å². The first kappa shape index (κ1) is 24.1. The number of thioether (sulfide) groups is 1. The number of hydrogen-bond donors (Lipinski definition) is 1. The number of carbonyl (C=O) groups excluding carboxylic acids is 1. The van der Waals surface area contributed by atoms with Crippen LogP contribution < -0.4 is 10.1 Å². The molecule has 4 rings (SSSR count). The summed E-state index contributed by atoms with van der Waals surface area (Å²) in [6, 6.07) is 19.6. The fourth-order valence-electron chi connectivity index (χ4n) is 3.36. The van der Waals surface area contributed by atoms with Crippen LogP contribution in [0.3, 0.4) is 0 Å². The van der Waals surface area contributed by atoms with Gasteiger partial charge >= 0.3 is 0 Å². The second-order valence-corrected chi connectivity index (χ2v) is 10.8. The van der Waals surface area contributed by atoms with E-state index in [2.05, 4.69) is 5.32 Å². The minimum Gasteiger partial charge on any atom is -0.494 e. The zero-order chi connectivity index (χ0) is 24.3. The smallest absolute Gasteiger partial charge is 0.234 e. The third-order valence-corrected chi connectivity index (χ3v) is 7.29. The molecule has 0 saturated heterocycles. The number of halogens is 1. The van der Waals surface area contributed by atoms with E-state index < -0.39 is 9.84 Å². The van der Waals surface area contributed by atoms with Gasteiger partial charge < -0.3 is 10.1 Å². The average Bonchev–Trinajstić information content (AvgIpc) is 3.17. The summed E-state index contributed by atoms with van der Waals surface area (Å²) in [6.45, 7) is 2.52. The van der Waals surface area contributed by atoms with Crippen molar-refractivity contribution >= 4 is 55.8 Å². The Morgan fingerprint density at radius 3 is 2.56 bits per heavy atom. The van der Waals surface area contributed by atoms with E-state index in [4.69, 9.17) is 21.3 Å². The Morgan fingerprint density at radius 1 is 1.12 bits per heavy atom. The van der Waals surface area contributed by atoms with E-state index in [1.165, 1.54) is 30.0 Å². The largest absolute Gasteiger partial charge is 0.494 e. The predicted molar refractivity (Wildman–Crippen MR) is 136 cm³/mol. The molecule has 176 valence electrons. The van der Waals surface area contributed by atoms with Gasteiger partial charge in [-0.05, 0) is 61.5 Å². The van der Waals surface area contributed by atoms with Crippen LogP contribution in [0.2, 0.25) is 5.02 Å². The first-order valence-electron chi connectivity index (χ1n) is 10.4. The average molecular weight is 516 g/mol. The summed E-state index contributed by atoms with van der Waals surface area (Å²) in [7, 11) is -3.43. The summed E-state index contributed by atoms with van der Waals surface area (Å²) in [6.07, 6.45) is 1.10. The number of rotatable bonds is 8. The number of fused-ring (bicyclic) bond motifs is 1. The van der Waals surface area contributed by atoms with Crippen molar-refractivity contribution in [2.24, 2.45) is 0 Å². The van der Waals surface area contributed by atoms with Crippen molar-refractivity contribution in [2.75, 3.05) is 23.9 Å². The van der Waals surface area contributed by atoms with Crippen LogP contribution in [0, 0.1) is 0 Å². The molecule has 0 atom stereocenters. The number of hydrogen-bond acceptors (Lipinski definition) is 6. The number of imidazole rings is 1. The Labute approximate surface area is 207 Å². The van der Waals surface area contributed by atoms with E-state index in [-0.39, 0.29) is 27.3 Å². The summed E-state index contributed by atoms with van der Waals surface area (Å²) < 4.78 is 31.2. The molecule has 0 aliphatic carbocycles. The standard InChI is InChI=1S/C24H22ClN3O4S2/c1-3-32-17-10-8-16(9-11-17)28-22-7-5-4-6-20(22)27-24(28)33-15-23(29)26-21-14-18(34(2,30)31)12-13-19(21)25/h4-14H,3,15H2,1-2H3,(H,26,29). The molecule has 0 bridgehead atoms. The van der Waals surface area contributed by atoms with Crippen LogP contribution in [0.1, 0.15) is 6.92 Å². The van der Waals surface area contributed by atoms with Gasteiger partial charge in [-0.3, -0.25) is 9.36 Å². The van der Waals surface area contributed by atoms with Crippen molar-refractivity contribution in [3.05, 3.63) is 71.8 Å². The van der Waals surface area contributed by atoms with Crippen LogP contribution in [-0.2, 0) is 14.6 Å². The normalized spacial score (nSPS) is 11.5. The Hall–Kier alpha value is -3.01. The molecule has 0 aliphatic heterocycles. The van der Waals surface area contributed by atoms with Crippen molar-refractivity contribution < 1.29 is 17.9 Å². The number of carbonyl (C=O) groups is 1. The second kappa shape index (κ2) is 10.1. The third kappa shape index (κ3) is 5.38. The molecule has 0 fully saturated rings. The van der Waals surface area contributed by atoms with Crippen molar-refractivity contribution in [1.29, 1.82) is 0 Å². The molecule has 4 aromatic rings. The summed E-state index contributed by atoms with van der Waals surface area (Å²) in [5.74, 6) is 0.500. The monoisotopic (exact) mass is 515 g/mol. The highest BCUT2D eigenvalue weighted by Gasteiger charge is 2.16. The number of amides is 1. The molecule has 1 heterocycles. The highest BCUT2D eigenvalue weighted by atomic mass is 35.5. The first-order valence-corrected chi connectivity index (χ1v) is 13.6. The van der Waals surface area contributed by atoms with E-state index >= 15 is 0 Å². The number of anilines is 1. The molecule has 0 unspecified atom stereocenters. The topological polar surface area (TPSA) is 90.3 Å². The van der Waals surface area contributed by atoms with Gasteiger partial charge in [0.2, 0.25) is 5.91 Å². The maximum atomic E-state index is 12.7. The summed E-state index contributed by atoms with van der Waals surface area (Å²) in [4.78, 5) is 17.5. The summed E-state index contributed by atoms with van der Waals surface area (Å²) in [5.41, 5.74) is 2.86. The number of para-hydroxylation sites is 2. The van der Waals surface area contributed by atoms with Gasteiger partial charge in [0.1, 0.15) is 5.75 Å². The maximum absolute atomic E-state index is 12.7. The van der Waals surface area contributed by atoms with Crippen molar-refractivity contribution in [1.82, 2.24) is 9.55 Å². The lowest BCUT2D eigenvalue weighted by molar-refractivity contribution is -0.113. The molecule has 0 spiro atoms. The molecule has 3 aromatic carbocycles. The second-order valence-electron chi connectivity index (χ2n) is 7.40. The minimum atomic E-state index is -3.43. The summed E-state index contributed by atoms with van der Waals surface area (Å²) >= 11 is 7.43. The number of sulfone groups is 1. The number of benzene rings is 3. The SMILES string of the molecule is CCOc1ccc(-n2c(SCC(=O)Nc3cc(S(C)(=O)=O)ccc3Cl)nc3ccccc32)cc1. The van der Waals surface area contributed by atoms with E-state index in [1.807, 2.05) is 60.0 Å². The zero-order valence-electron chi connectivity index (χ0n) is 18.5. The third-order valence-electron chi connectivity index (χ3n) is 4.91. The Morgan fingerprint density at radius 2 is 1.85 bits per heavy atom. The molecule has 0 aliphatic rings. The van der Waals surface area contributed by atoms with Gasteiger partial charge in [0, 0.05) is 11.9 Å². The van der Waals surface area contributed by atoms with Gasteiger partial charge in [-0.2, -0.15) is 0 Å². The highest BCUT2D eigenvalue weighted by molar-refractivity contribution is 7.99. The molecule has 1 aromatic heterocycles. The van der Waals surface area contributed by atoms with Crippen LogP contribution in [0.4, 0.5) is 5.69 Å². The molecule has 1 N–H and O–H groups in total. The number of nitrogens with zero attached hydrogens (tertiary/aromatic N) is 2. The number of aromatic nitrogens is 2. The van der Waals surface area contributed by atoms with E-state index in [0.717, 1.165) is 28.7 Å². The maximum Gasteiger partial charge on any atom is 0.234 e. The van der Waals surface area contributed by atoms with Gasteiger partial charge in [-0.15, -0.1) is 0 Å². The molecule has 7 nitrogen and oxygen atoms in total. The lowest BCUT2D eigenvalue weighted by Gasteiger charge is -2.11. The van der Waals surface area contributed by atoms with Crippen LogP contribution in [0.25, 0.3) is 16.7 Å². The van der Waals surface area contributed by atoms with Crippen molar-refractivity contribution in [3.63, 3.8) is 0 Å². The van der Waals surface area contributed by atoms with Gasteiger partial charge in [-0.25, -0.2) is 13.4 Å². The molecule has 10 heteroatoms. The fourth-order valence-corrected chi connectivity index (χ4v) is 5.00. The molecule has 0 radical (unpaired) electrons. The molecular weight excluding hydrogens is 494 g/mol. The Kier molecular flexibility index (Phi) is 7.16. The Balaban J connectivity index is 1.57. The van der Waals surface area contributed by atoms with E-state index in [1.54, 1.807) is 0 Å². The molecular formula is C24H22ClN3O4S2. The predicted octanol–water partition coefficient (Wildman–Crippen LogP) is 5.21. The van der Waals surface area contributed by atoms with Gasteiger partial charge in [0.25, 0.3) is 0 Å². The molecule has 1 amide bonds. The fraction of sp³-hybridized carbons (Fsp3) is 0.167. The zero-order valence-corrected chi connectivity index (χ0v) is 20.9. The van der Waals surface area contributed by atoms with Gasteiger partial charge in [0.05, 0.1) is 39.0 Å². The number of ether oxygens (including phenoxy) is 1. The van der Waals surface area contributed by atoms with Gasteiger partial charge in [0.15, 0.2) is 15.0 Å². The minimum absolute atomic E-state index is 0.0553. The van der Waals surface area contributed by atoms with Crippen LogP contribution in [0.5, 0.6) is 5.75 Å². The van der Waals surface area contributed by atoms with E-state index in [0.29, 0.717) is 11.8 Å².